The summed E-state index contributed by atoms with van der Waals surface area (Å²) >= 11 is 0. The quantitative estimate of drug-likeness (QED) is 0.695. The van der Waals surface area contributed by atoms with E-state index in [1.54, 1.807) is 34.6 Å². The van der Waals surface area contributed by atoms with E-state index in [1.807, 2.05) is 0 Å². The first-order valence-corrected chi connectivity index (χ1v) is 6.19. The van der Waals surface area contributed by atoms with Crippen LogP contribution in [0.2, 0.25) is 0 Å². The molecule has 0 aliphatic rings. The average Bonchev–Trinajstić information content (AvgIpc) is 2.13. The highest BCUT2D eigenvalue weighted by Gasteiger charge is 2.24. The highest BCUT2D eigenvalue weighted by molar-refractivity contribution is 5.68. The summed E-state index contributed by atoms with van der Waals surface area (Å²) in [7, 11) is 0. The van der Waals surface area contributed by atoms with E-state index in [9.17, 15) is 9.90 Å². The maximum absolute atomic E-state index is 11.9. The van der Waals surface area contributed by atoms with Gasteiger partial charge in [0.2, 0.25) is 0 Å². The minimum Gasteiger partial charge on any atom is -0.444 e. The molecule has 6 heteroatoms. The lowest BCUT2D eigenvalue weighted by atomic mass is 10.2. The van der Waals surface area contributed by atoms with Crippen molar-refractivity contribution in [3.05, 3.63) is 0 Å². The molecule has 6 nitrogen and oxygen atoms in total. The highest BCUT2D eigenvalue weighted by atomic mass is 16.6. The molecule has 0 spiro atoms. The number of nitrogens with two attached hydrogens (primary N) is 1. The summed E-state index contributed by atoms with van der Waals surface area (Å²) < 4.78 is 10.2. The van der Waals surface area contributed by atoms with Crippen molar-refractivity contribution in [2.45, 2.75) is 52.6 Å². The van der Waals surface area contributed by atoms with Gasteiger partial charge in [-0.25, -0.2) is 4.79 Å². The number of hydrogen-bond acceptors (Lipinski definition) is 5. The number of carbonyl (C=O) groups excluding carboxylic acids is 1. The molecule has 0 aliphatic carbocycles. The Morgan fingerprint density at radius 2 is 1.94 bits per heavy atom. The monoisotopic (exact) mass is 262 g/mol. The molecule has 0 bridgehead atoms. The minimum absolute atomic E-state index is 0.0459. The zero-order valence-electron chi connectivity index (χ0n) is 12.0. The number of aliphatic hydroxyl groups is 1. The van der Waals surface area contributed by atoms with Crippen LogP contribution in [-0.4, -0.2) is 53.7 Å². The Morgan fingerprint density at radius 3 is 2.33 bits per heavy atom. The fourth-order valence-corrected chi connectivity index (χ4v) is 1.33. The van der Waals surface area contributed by atoms with E-state index in [0.717, 1.165) is 0 Å². The predicted molar refractivity (Wildman–Crippen MR) is 69.1 cm³/mol. The van der Waals surface area contributed by atoms with Crippen molar-refractivity contribution in [2.75, 3.05) is 19.7 Å². The summed E-state index contributed by atoms with van der Waals surface area (Å²) in [5.41, 5.74) is 5.09. The molecule has 0 rings (SSSR count). The van der Waals surface area contributed by atoms with Gasteiger partial charge < -0.3 is 25.2 Å². The van der Waals surface area contributed by atoms with Crippen LogP contribution >= 0.6 is 0 Å². The van der Waals surface area contributed by atoms with Crippen LogP contribution in [0.3, 0.4) is 0 Å². The standard InChI is InChI=1S/C12H26N2O4/c1-6-17-10(15)8-14(7-9(2)13)11(16)18-12(3,4)5/h9-10,15H,6-8,13H2,1-5H3/t9-,10?/m1/s1. The van der Waals surface area contributed by atoms with E-state index in [2.05, 4.69) is 0 Å². The second kappa shape index (κ2) is 7.56. The Morgan fingerprint density at radius 1 is 1.39 bits per heavy atom. The van der Waals surface area contributed by atoms with E-state index >= 15 is 0 Å². The first-order valence-electron chi connectivity index (χ1n) is 6.19. The second-order valence-corrected chi connectivity index (χ2v) is 5.27. The van der Waals surface area contributed by atoms with Crippen molar-refractivity contribution in [2.24, 2.45) is 5.73 Å². The first kappa shape index (κ1) is 17.2. The normalized spacial score (nSPS) is 15.1. The van der Waals surface area contributed by atoms with Crippen LogP contribution in [0.4, 0.5) is 4.79 Å². The van der Waals surface area contributed by atoms with Crippen LogP contribution in [0.15, 0.2) is 0 Å². The van der Waals surface area contributed by atoms with E-state index in [4.69, 9.17) is 15.2 Å². The molecule has 0 aromatic rings. The maximum atomic E-state index is 11.9. The van der Waals surface area contributed by atoms with Crippen molar-refractivity contribution in [3.8, 4) is 0 Å². The summed E-state index contributed by atoms with van der Waals surface area (Å²) in [6.45, 7) is 9.64. The Kier molecular flexibility index (Phi) is 7.20. The summed E-state index contributed by atoms with van der Waals surface area (Å²) in [4.78, 5) is 13.3. The summed E-state index contributed by atoms with van der Waals surface area (Å²) in [6.07, 6.45) is -1.53. The summed E-state index contributed by atoms with van der Waals surface area (Å²) in [5, 5.41) is 9.57. The molecule has 18 heavy (non-hydrogen) atoms. The molecule has 0 saturated heterocycles. The highest BCUT2D eigenvalue weighted by Crippen LogP contribution is 2.10. The van der Waals surface area contributed by atoms with Crippen LogP contribution in [0, 0.1) is 0 Å². The number of amides is 1. The number of ether oxygens (including phenoxy) is 2. The predicted octanol–water partition coefficient (Wildman–Crippen LogP) is 0.926. The molecule has 0 aromatic heterocycles. The van der Waals surface area contributed by atoms with Crippen molar-refractivity contribution < 1.29 is 19.4 Å². The number of carbonyl (C=O) groups is 1. The van der Waals surface area contributed by atoms with Gasteiger partial charge in [-0.3, -0.25) is 0 Å². The van der Waals surface area contributed by atoms with Gasteiger partial charge in [-0.15, -0.1) is 0 Å². The molecule has 0 aromatic carbocycles. The minimum atomic E-state index is -1.03. The lowest BCUT2D eigenvalue weighted by molar-refractivity contribution is -0.109. The number of nitrogens with zero attached hydrogens (tertiary/aromatic N) is 1. The Hall–Kier alpha value is -0.850. The van der Waals surface area contributed by atoms with Gasteiger partial charge in [0.15, 0.2) is 6.29 Å². The van der Waals surface area contributed by atoms with Gasteiger partial charge in [0.05, 0.1) is 6.54 Å². The largest absolute Gasteiger partial charge is 0.444 e. The van der Waals surface area contributed by atoms with Crippen molar-refractivity contribution in [1.82, 2.24) is 4.90 Å². The lowest BCUT2D eigenvalue weighted by Gasteiger charge is -2.29. The van der Waals surface area contributed by atoms with E-state index in [-0.39, 0.29) is 12.6 Å². The number of aliphatic hydroxyl groups excluding tert-OH is 1. The molecular formula is C12H26N2O4. The van der Waals surface area contributed by atoms with Crippen LogP contribution in [0.1, 0.15) is 34.6 Å². The molecule has 0 saturated carbocycles. The first-order chi connectivity index (χ1) is 8.15. The Labute approximate surface area is 109 Å². The molecule has 108 valence electrons. The third-order valence-electron chi connectivity index (χ3n) is 1.90. The molecule has 0 radical (unpaired) electrons. The van der Waals surface area contributed by atoms with E-state index < -0.39 is 18.0 Å². The van der Waals surface area contributed by atoms with E-state index in [1.165, 1.54) is 4.90 Å². The Balaban J connectivity index is 4.51. The summed E-state index contributed by atoms with van der Waals surface area (Å²) in [5.74, 6) is 0. The smallest absolute Gasteiger partial charge is 0.410 e. The Bertz CT molecular complexity index is 251. The molecule has 0 aliphatic heterocycles. The molecule has 0 fully saturated rings. The van der Waals surface area contributed by atoms with Gasteiger partial charge in [0.25, 0.3) is 0 Å². The second-order valence-electron chi connectivity index (χ2n) is 5.27. The van der Waals surface area contributed by atoms with Gasteiger partial charge in [0, 0.05) is 19.2 Å². The molecule has 1 amide bonds. The van der Waals surface area contributed by atoms with Crippen molar-refractivity contribution >= 4 is 6.09 Å². The third kappa shape index (κ3) is 8.27. The van der Waals surface area contributed by atoms with Gasteiger partial charge in [-0.1, -0.05) is 0 Å². The SMILES string of the molecule is CCOC(O)CN(C[C@@H](C)N)C(=O)OC(C)(C)C. The fourth-order valence-electron chi connectivity index (χ4n) is 1.33. The van der Waals surface area contributed by atoms with Gasteiger partial charge in [0.1, 0.15) is 5.60 Å². The number of rotatable bonds is 6. The van der Waals surface area contributed by atoms with Crippen LogP contribution in [0.5, 0.6) is 0 Å². The molecule has 1 unspecified atom stereocenters. The molecular weight excluding hydrogens is 236 g/mol. The van der Waals surface area contributed by atoms with Crippen LogP contribution < -0.4 is 5.73 Å². The van der Waals surface area contributed by atoms with Gasteiger partial charge in [-0.05, 0) is 34.6 Å². The van der Waals surface area contributed by atoms with E-state index in [0.29, 0.717) is 13.2 Å². The van der Waals surface area contributed by atoms with Crippen LogP contribution in [-0.2, 0) is 9.47 Å². The molecule has 3 N–H and O–H groups in total. The van der Waals surface area contributed by atoms with Gasteiger partial charge >= 0.3 is 6.09 Å². The number of hydrogen-bond donors (Lipinski definition) is 2. The molecule has 2 atom stereocenters. The third-order valence-corrected chi connectivity index (χ3v) is 1.90. The van der Waals surface area contributed by atoms with Gasteiger partial charge in [-0.2, -0.15) is 0 Å². The van der Waals surface area contributed by atoms with Crippen molar-refractivity contribution in [3.63, 3.8) is 0 Å². The molecule has 0 heterocycles. The fraction of sp³-hybridized carbons (Fsp3) is 0.917. The lowest BCUT2D eigenvalue weighted by Crippen LogP contribution is -2.46. The summed E-state index contributed by atoms with van der Waals surface area (Å²) in [6, 6.07) is -0.202. The van der Waals surface area contributed by atoms with Crippen molar-refractivity contribution in [1.29, 1.82) is 0 Å². The maximum Gasteiger partial charge on any atom is 0.410 e. The zero-order chi connectivity index (χ0) is 14.3. The van der Waals surface area contributed by atoms with Crippen LogP contribution in [0.25, 0.3) is 0 Å². The zero-order valence-corrected chi connectivity index (χ0v) is 12.0. The topological polar surface area (TPSA) is 85.0 Å². The average molecular weight is 262 g/mol.